The average molecular weight is 430 g/mol. The predicted octanol–water partition coefficient (Wildman–Crippen LogP) is -1.16. The molecule has 0 aromatic carbocycles. The SMILES string of the molecule is CCC(C)C(NC(=O)CNC(=O)C(CCC(N)=O)NC(=O)C(N)CC(C)C)C(=O)O. The highest BCUT2D eigenvalue weighted by Crippen LogP contribution is 2.08. The molecule has 4 unspecified atom stereocenters. The van der Waals surface area contributed by atoms with Crippen molar-refractivity contribution in [3.05, 3.63) is 0 Å². The van der Waals surface area contributed by atoms with Gasteiger partial charge in [-0.1, -0.05) is 34.1 Å². The Balaban J connectivity index is 4.94. The number of carboxylic acid groups (broad SMARTS) is 1. The van der Waals surface area contributed by atoms with Crippen LogP contribution < -0.4 is 27.4 Å². The van der Waals surface area contributed by atoms with Crippen LogP contribution in [0.25, 0.3) is 0 Å². The number of hydrogen-bond donors (Lipinski definition) is 6. The van der Waals surface area contributed by atoms with Gasteiger partial charge in [0, 0.05) is 6.42 Å². The monoisotopic (exact) mass is 429 g/mol. The van der Waals surface area contributed by atoms with Crippen molar-refractivity contribution in [1.29, 1.82) is 0 Å². The lowest BCUT2D eigenvalue weighted by molar-refractivity contribution is -0.143. The Hall–Kier alpha value is -2.69. The summed E-state index contributed by atoms with van der Waals surface area (Å²) in [7, 11) is 0. The van der Waals surface area contributed by atoms with E-state index in [0.29, 0.717) is 12.8 Å². The molecule has 0 heterocycles. The van der Waals surface area contributed by atoms with E-state index in [2.05, 4.69) is 16.0 Å². The number of carbonyl (C=O) groups is 5. The van der Waals surface area contributed by atoms with Crippen LogP contribution in [0.1, 0.15) is 53.4 Å². The molecule has 0 saturated heterocycles. The van der Waals surface area contributed by atoms with Crippen molar-refractivity contribution in [2.75, 3.05) is 6.54 Å². The quantitative estimate of drug-likeness (QED) is 0.200. The molecular formula is C19H35N5O6. The van der Waals surface area contributed by atoms with Gasteiger partial charge in [0.1, 0.15) is 12.1 Å². The second-order valence-corrected chi connectivity index (χ2v) is 7.79. The lowest BCUT2D eigenvalue weighted by Crippen LogP contribution is -2.54. The Labute approximate surface area is 176 Å². The molecule has 11 heteroatoms. The Morgan fingerprint density at radius 2 is 1.60 bits per heavy atom. The maximum absolute atomic E-state index is 12.4. The topological polar surface area (TPSA) is 194 Å². The minimum absolute atomic E-state index is 0.0620. The average Bonchev–Trinajstić information content (AvgIpc) is 2.65. The minimum atomic E-state index is -1.17. The van der Waals surface area contributed by atoms with Gasteiger partial charge in [0.2, 0.25) is 23.6 Å². The van der Waals surface area contributed by atoms with Gasteiger partial charge in [-0.05, 0) is 24.7 Å². The van der Waals surface area contributed by atoms with Gasteiger partial charge in [0.15, 0.2) is 0 Å². The van der Waals surface area contributed by atoms with Gasteiger partial charge >= 0.3 is 5.97 Å². The molecule has 0 radical (unpaired) electrons. The molecule has 0 aliphatic rings. The fourth-order valence-electron chi connectivity index (χ4n) is 2.65. The van der Waals surface area contributed by atoms with Crippen LogP contribution in [0.3, 0.4) is 0 Å². The van der Waals surface area contributed by atoms with Crippen molar-refractivity contribution in [2.45, 2.75) is 71.5 Å². The molecule has 4 amide bonds. The summed E-state index contributed by atoms with van der Waals surface area (Å²) >= 11 is 0. The third-order valence-corrected chi connectivity index (χ3v) is 4.59. The second kappa shape index (κ2) is 13.5. The second-order valence-electron chi connectivity index (χ2n) is 7.79. The first-order valence-corrected chi connectivity index (χ1v) is 10.0. The Morgan fingerprint density at radius 3 is 2.07 bits per heavy atom. The van der Waals surface area contributed by atoms with E-state index in [-0.39, 0.29) is 24.7 Å². The number of nitrogens with one attached hydrogen (secondary N) is 3. The molecule has 0 fully saturated rings. The van der Waals surface area contributed by atoms with E-state index in [1.807, 2.05) is 13.8 Å². The highest BCUT2D eigenvalue weighted by Gasteiger charge is 2.27. The number of aliphatic carboxylic acids is 1. The maximum atomic E-state index is 12.4. The van der Waals surface area contributed by atoms with Gasteiger partial charge in [-0.3, -0.25) is 19.2 Å². The summed E-state index contributed by atoms with van der Waals surface area (Å²) in [5.74, 6) is -3.90. The molecule has 0 aliphatic heterocycles. The molecule has 0 aromatic rings. The highest BCUT2D eigenvalue weighted by atomic mass is 16.4. The Kier molecular flexibility index (Phi) is 12.3. The Bertz CT molecular complexity index is 625. The van der Waals surface area contributed by atoms with Crippen LogP contribution in [0, 0.1) is 11.8 Å². The molecule has 0 aromatic heterocycles. The zero-order valence-electron chi connectivity index (χ0n) is 18.1. The fourth-order valence-corrected chi connectivity index (χ4v) is 2.65. The molecule has 11 nitrogen and oxygen atoms in total. The van der Waals surface area contributed by atoms with Gasteiger partial charge in [0.25, 0.3) is 0 Å². The number of hydrogen-bond acceptors (Lipinski definition) is 6. The van der Waals surface area contributed by atoms with Gasteiger partial charge in [-0.2, -0.15) is 0 Å². The summed E-state index contributed by atoms with van der Waals surface area (Å²) < 4.78 is 0. The molecule has 4 atom stereocenters. The van der Waals surface area contributed by atoms with Crippen molar-refractivity contribution in [3.8, 4) is 0 Å². The molecule has 8 N–H and O–H groups in total. The molecule has 0 spiro atoms. The van der Waals surface area contributed by atoms with E-state index in [1.165, 1.54) is 0 Å². The Morgan fingerprint density at radius 1 is 1.00 bits per heavy atom. The van der Waals surface area contributed by atoms with Crippen molar-refractivity contribution >= 4 is 29.6 Å². The van der Waals surface area contributed by atoms with Crippen molar-refractivity contribution in [2.24, 2.45) is 23.3 Å². The van der Waals surface area contributed by atoms with Crippen molar-refractivity contribution in [1.82, 2.24) is 16.0 Å². The standard InChI is InChI=1S/C19H35N5O6/c1-5-11(4)16(19(29)30)24-15(26)9-22-18(28)13(6-7-14(21)25)23-17(27)12(20)8-10(2)3/h10-13,16H,5-9,20H2,1-4H3,(H2,21,25)(H,22,28)(H,23,27)(H,24,26)(H,29,30). The summed E-state index contributed by atoms with van der Waals surface area (Å²) in [5, 5.41) is 16.4. The zero-order chi connectivity index (χ0) is 23.4. The van der Waals surface area contributed by atoms with Crippen LogP contribution in [0.4, 0.5) is 0 Å². The highest BCUT2D eigenvalue weighted by molar-refractivity contribution is 5.92. The molecule has 0 saturated carbocycles. The summed E-state index contributed by atoms with van der Waals surface area (Å²) in [6.07, 6.45) is 0.735. The summed E-state index contributed by atoms with van der Waals surface area (Å²) in [6.45, 7) is 6.79. The van der Waals surface area contributed by atoms with Crippen LogP contribution >= 0.6 is 0 Å². The van der Waals surface area contributed by atoms with E-state index in [1.54, 1.807) is 13.8 Å². The summed E-state index contributed by atoms with van der Waals surface area (Å²) in [6, 6.07) is -3.02. The number of carbonyl (C=O) groups excluding carboxylic acids is 4. The largest absolute Gasteiger partial charge is 0.480 e. The van der Waals surface area contributed by atoms with Crippen LogP contribution in [0.2, 0.25) is 0 Å². The van der Waals surface area contributed by atoms with E-state index < -0.39 is 54.3 Å². The maximum Gasteiger partial charge on any atom is 0.326 e. The van der Waals surface area contributed by atoms with Crippen LogP contribution in [-0.2, 0) is 24.0 Å². The zero-order valence-corrected chi connectivity index (χ0v) is 18.1. The first-order valence-electron chi connectivity index (χ1n) is 10.0. The normalized spacial score (nSPS) is 14.9. The number of nitrogens with two attached hydrogens (primary N) is 2. The van der Waals surface area contributed by atoms with Crippen LogP contribution in [-0.4, -0.2) is 59.4 Å². The van der Waals surface area contributed by atoms with Crippen molar-refractivity contribution < 1.29 is 29.1 Å². The molecule has 172 valence electrons. The number of primary amides is 1. The van der Waals surface area contributed by atoms with Gasteiger partial charge in [0.05, 0.1) is 12.6 Å². The van der Waals surface area contributed by atoms with Crippen LogP contribution in [0.5, 0.6) is 0 Å². The lowest BCUT2D eigenvalue weighted by atomic mass is 9.99. The smallest absolute Gasteiger partial charge is 0.326 e. The molecule has 0 aliphatic carbocycles. The fraction of sp³-hybridized carbons (Fsp3) is 0.737. The third-order valence-electron chi connectivity index (χ3n) is 4.59. The number of carboxylic acids is 1. The summed E-state index contributed by atoms with van der Waals surface area (Å²) in [5.41, 5.74) is 10.9. The van der Waals surface area contributed by atoms with E-state index in [0.717, 1.165) is 0 Å². The van der Waals surface area contributed by atoms with Gasteiger partial charge in [-0.15, -0.1) is 0 Å². The molecule has 0 bridgehead atoms. The lowest BCUT2D eigenvalue weighted by Gasteiger charge is -2.22. The first kappa shape index (κ1) is 27.3. The first-order chi connectivity index (χ1) is 13.9. The molecule has 0 rings (SSSR count). The van der Waals surface area contributed by atoms with Crippen LogP contribution in [0.15, 0.2) is 0 Å². The molecule has 30 heavy (non-hydrogen) atoms. The molecular weight excluding hydrogens is 394 g/mol. The van der Waals surface area contributed by atoms with Crippen molar-refractivity contribution in [3.63, 3.8) is 0 Å². The number of rotatable bonds is 14. The summed E-state index contributed by atoms with van der Waals surface area (Å²) in [4.78, 5) is 59.1. The van der Waals surface area contributed by atoms with E-state index in [4.69, 9.17) is 11.5 Å². The van der Waals surface area contributed by atoms with Gasteiger partial charge < -0.3 is 32.5 Å². The third kappa shape index (κ3) is 10.7. The predicted molar refractivity (Wildman–Crippen MR) is 110 cm³/mol. The minimum Gasteiger partial charge on any atom is -0.480 e. The van der Waals surface area contributed by atoms with E-state index in [9.17, 15) is 29.1 Å². The van der Waals surface area contributed by atoms with E-state index >= 15 is 0 Å². The van der Waals surface area contributed by atoms with Gasteiger partial charge in [-0.25, -0.2) is 4.79 Å². The number of amides is 4.